The molecule has 0 fully saturated rings. The van der Waals surface area contributed by atoms with Crippen LogP contribution >= 0.6 is 15.9 Å². The van der Waals surface area contributed by atoms with E-state index in [9.17, 15) is 4.79 Å². The Labute approximate surface area is 150 Å². The number of aromatic nitrogens is 1. The van der Waals surface area contributed by atoms with Crippen LogP contribution in [0.1, 0.15) is 32.0 Å². The van der Waals surface area contributed by atoms with Crippen LogP contribution < -0.4 is 10.1 Å². The lowest BCUT2D eigenvalue weighted by molar-refractivity contribution is 0.0523. The largest absolute Gasteiger partial charge is 0.487 e. The summed E-state index contributed by atoms with van der Waals surface area (Å²) in [6, 6.07) is 11.3. The molecular formula is C18H21BrN2O3. The lowest BCUT2D eigenvalue weighted by Gasteiger charge is -2.20. The van der Waals surface area contributed by atoms with Gasteiger partial charge >= 0.3 is 6.09 Å². The number of rotatable bonds is 5. The number of pyridine rings is 1. The number of benzene rings is 1. The summed E-state index contributed by atoms with van der Waals surface area (Å²) in [7, 11) is 0. The van der Waals surface area contributed by atoms with Crippen LogP contribution in [0.3, 0.4) is 0 Å². The van der Waals surface area contributed by atoms with Gasteiger partial charge in [0.05, 0.1) is 5.69 Å². The Hall–Kier alpha value is -2.08. The maximum atomic E-state index is 11.8. The Balaban J connectivity index is 2.00. The SMILES string of the molecule is CC(C)(C)OC(=O)NCc1cc(Br)ccc1OCc1ccccn1. The molecule has 5 nitrogen and oxygen atoms in total. The van der Waals surface area contributed by atoms with Gasteiger partial charge in [-0.2, -0.15) is 0 Å². The van der Waals surface area contributed by atoms with E-state index >= 15 is 0 Å². The first-order valence-corrected chi connectivity index (χ1v) is 8.41. The Morgan fingerprint density at radius 1 is 1.25 bits per heavy atom. The number of alkyl carbamates (subject to hydrolysis) is 1. The molecule has 1 heterocycles. The van der Waals surface area contributed by atoms with Crippen LogP contribution in [0.4, 0.5) is 4.79 Å². The fourth-order valence-corrected chi connectivity index (χ4v) is 2.35. The second-order valence-electron chi connectivity index (χ2n) is 6.22. The Morgan fingerprint density at radius 2 is 2.04 bits per heavy atom. The third kappa shape index (κ3) is 6.20. The van der Waals surface area contributed by atoms with Gasteiger partial charge in [-0.3, -0.25) is 4.98 Å². The molecule has 0 atom stereocenters. The highest BCUT2D eigenvalue weighted by Gasteiger charge is 2.16. The highest BCUT2D eigenvalue weighted by atomic mass is 79.9. The molecule has 1 aromatic carbocycles. The van der Waals surface area contributed by atoms with Gasteiger partial charge in [-0.15, -0.1) is 0 Å². The van der Waals surface area contributed by atoms with Gasteiger partial charge in [0.1, 0.15) is 18.0 Å². The Morgan fingerprint density at radius 3 is 2.71 bits per heavy atom. The smallest absolute Gasteiger partial charge is 0.407 e. The zero-order valence-electron chi connectivity index (χ0n) is 14.0. The van der Waals surface area contributed by atoms with Crippen LogP contribution in [-0.2, 0) is 17.9 Å². The van der Waals surface area contributed by atoms with Crippen LogP contribution in [-0.4, -0.2) is 16.7 Å². The zero-order valence-corrected chi connectivity index (χ0v) is 15.6. The minimum absolute atomic E-state index is 0.311. The first-order valence-electron chi connectivity index (χ1n) is 7.61. The molecule has 0 spiro atoms. The summed E-state index contributed by atoms with van der Waals surface area (Å²) in [4.78, 5) is 16.0. The van der Waals surface area contributed by atoms with Gasteiger partial charge in [-0.25, -0.2) is 4.79 Å². The molecule has 1 amide bonds. The third-order valence-electron chi connectivity index (χ3n) is 2.95. The average Bonchev–Trinajstić information content (AvgIpc) is 2.51. The highest BCUT2D eigenvalue weighted by Crippen LogP contribution is 2.24. The second kappa shape index (κ2) is 8.15. The highest BCUT2D eigenvalue weighted by molar-refractivity contribution is 9.10. The molecule has 1 N–H and O–H groups in total. The summed E-state index contributed by atoms with van der Waals surface area (Å²) >= 11 is 3.44. The second-order valence-corrected chi connectivity index (χ2v) is 7.13. The first kappa shape index (κ1) is 18.3. The van der Waals surface area contributed by atoms with Gasteiger partial charge in [0.15, 0.2) is 0 Å². The number of hydrogen-bond acceptors (Lipinski definition) is 4. The fraction of sp³-hybridized carbons (Fsp3) is 0.333. The standard InChI is InChI=1S/C18H21BrN2O3/c1-18(2,3)24-17(22)21-11-13-10-14(19)7-8-16(13)23-12-15-6-4-5-9-20-15/h4-10H,11-12H2,1-3H3,(H,21,22). The van der Waals surface area contributed by atoms with Gasteiger partial charge in [-0.1, -0.05) is 22.0 Å². The molecule has 2 rings (SSSR count). The summed E-state index contributed by atoms with van der Waals surface area (Å²) in [5.41, 5.74) is 1.16. The van der Waals surface area contributed by atoms with Crippen molar-refractivity contribution in [3.63, 3.8) is 0 Å². The minimum atomic E-state index is -0.528. The van der Waals surface area contributed by atoms with Crippen LogP contribution in [0.25, 0.3) is 0 Å². The molecule has 0 bridgehead atoms. The van der Waals surface area contributed by atoms with Crippen LogP contribution in [0, 0.1) is 0 Å². The van der Waals surface area contributed by atoms with E-state index < -0.39 is 11.7 Å². The van der Waals surface area contributed by atoms with E-state index in [-0.39, 0.29) is 0 Å². The van der Waals surface area contributed by atoms with E-state index in [4.69, 9.17) is 9.47 Å². The molecule has 24 heavy (non-hydrogen) atoms. The van der Waals surface area contributed by atoms with Crippen molar-refractivity contribution in [2.24, 2.45) is 0 Å². The molecule has 0 saturated carbocycles. The van der Waals surface area contributed by atoms with E-state index in [1.165, 1.54) is 0 Å². The molecule has 0 saturated heterocycles. The van der Waals surface area contributed by atoms with E-state index in [2.05, 4.69) is 26.2 Å². The first-order chi connectivity index (χ1) is 11.3. The van der Waals surface area contributed by atoms with Crippen molar-refractivity contribution in [2.75, 3.05) is 0 Å². The number of carbonyl (C=O) groups excluding carboxylic acids is 1. The molecule has 0 aliphatic rings. The lowest BCUT2D eigenvalue weighted by Crippen LogP contribution is -2.32. The predicted molar refractivity (Wildman–Crippen MR) is 95.8 cm³/mol. The molecule has 0 aliphatic heterocycles. The number of amides is 1. The van der Waals surface area contributed by atoms with Crippen molar-refractivity contribution in [3.8, 4) is 5.75 Å². The number of ether oxygens (including phenoxy) is 2. The van der Waals surface area contributed by atoms with E-state index in [1.807, 2.05) is 57.2 Å². The Bertz CT molecular complexity index is 684. The number of nitrogens with zero attached hydrogens (tertiary/aromatic N) is 1. The Kier molecular flexibility index (Phi) is 6.20. The molecule has 0 aliphatic carbocycles. The quantitative estimate of drug-likeness (QED) is 0.816. The molecule has 128 valence electrons. The summed E-state index contributed by atoms with van der Waals surface area (Å²) < 4.78 is 12.0. The molecule has 2 aromatic rings. The van der Waals surface area contributed by atoms with Crippen molar-refractivity contribution in [1.29, 1.82) is 0 Å². The van der Waals surface area contributed by atoms with Gasteiger partial charge in [0.2, 0.25) is 0 Å². The van der Waals surface area contributed by atoms with Gasteiger partial charge in [0.25, 0.3) is 0 Å². The van der Waals surface area contributed by atoms with Crippen molar-refractivity contribution in [1.82, 2.24) is 10.3 Å². The zero-order chi connectivity index (χ0) is 17.6. The fourth-order valence-electron chi connectivity index (χ4n) is 1.94. The minimum Gasteiger partial charge on any atom is -0.487 e. The number of nitrogens with one attached hydrogen (secondary N) is 1. The monoisotopic (exact) mass is 392 g/mol. The van der Waals surface area contributed by atoms with Crippen LogP contribution in [0.5, 0.6) is 5.75 Å². The number of carbonyl (C=O) groups is 1. The maximum Gasteiger partial charge on any atom is 0.407 e. The van der Waals surface area contributed by atoms with Crippen LogP contribution in [0.15, 0.2) is 47.1 Å². The van der Waals surface area contributed by atoms with Crippen LogP contribution in [0.2, 0.25) is 0 Å². The topological polar surface area (TPSA) is 60.5 Å². The van der Waals surface area contributed by atoms with Crippen molar-refractivity contribution < 1.29 is 14.3 Å². The predicted octanol–water partition coefficient (Wildman–Crippen LogP) is 4.45. The molecule has 0 radical (unpaired) electrons. The van der Waals surface area contributed by atoms with Gasteiger partial charge in [-0.05, 0) is 51.1 Å². The van der Waals surface area contributed by atoms with E-state index in [1.54, 1.807) is 6.20 Å². The van der Waals surface area contributed by atoms with Crippen molar-refractivity contribution >= 4 is 22.0 Å². The summed E-state index contributed by atoms with van der Waals surface area (Å²) in [5.74, 6) is 0.694. The third-order valence-corrected chi connectivity index (χ3v) is 3.44. The van der Waals surface area contributed by atoms with E-state index in [0.717, 1.165) is 15.7 Å². The number of halogens is 1. The summed E-state index contributed by atoms with van der Waals surface area (Å²) in [6.45, 7) is 6.15. The van der Waals surface area contributed by atoms with Crippen molar-refractivity contribution in [2.45, 2.75) is 39.5 Å². The van der Waals surface area contributed by atoms with E-state index in [0.29, 0.717) is 18.9 Å². The molecule has 6 heteroatoms. The maximum absolute atomic E-state index is 11.8. The normalized spacial score (nSPS) is 11.0. The average molecular weight is 393 g/mol. The summed E-state index contributed by atoms with van der Waals surface area (Å²) in [6.07, 6.45) is 1.27. The summed E-state index contributed by atoms with van der Waals surface area (Å²) in [5, 5.41) is 2.74. The molecular weight excluding hydrogens is 372 g/mol. The lowest BCUT2D eigenvalue weighted by atomic mass is 10.2. The van der Waals surface area contributed by atoms with Crippen molar-refractivity contribution in [3.05, 3.63) is 58.3 Å². The molecule has 1 aromatic heterocycles. The molecule has 0 unspecified atom stereocenters. The van der Waals surface area contributed by atoms with Gasteiger partial charge in [0, 0.05) is 22.8 Å². The van der Waals surface area contributed by atoms with Gasteiger partial charge < -0.3 is 14.8 Å². The number of hydrogen-bond donors (Lipinski definition) is 1.